The maximum Gasteiger partial charge on any atom is 0.222 e. The van der Waals surface area contributed by atoms with Crippen LogP contribution in [0.1, 0.15) is 18.5 Å². The molecule has 1 aliphatic rings. The number of hydrogen-bond donors (Lipinski definition) is 2. The number of amides is 1. The van der Waals surface area contributed by atoms with Crippen molar-refractivity contribution in [2.45, 2.75) is 18.9 Å². The number of nitrogens with two attached hydrogens (primary N) is 1. The van der Waals surface area contributed by atoms with Gasteiger partial charge in [-0.3, -0.25) is 4.79 Å². The van der Waals surface area contributed by atoms with Crippen LogP contribution in [0.4, 0.5) is 5.82 Å². The zero-order valence-electron chi connectivity index (χ0n) is 10.1. The number of piperidine rings is 1. The van der Waals surface area contributed by atoms with Crippen LogP contribution in [0, 0.1) is 0 Å². The van der Waals surface area contributed by atoms with E-state index in [-0.39, 0.29) is 16.9 Å². The molecule has 0 saturated carbocycles. The van der Waals surface area contributed by atoms with E-state index in [2.05, 4.69) is 15.3 Å². The monoisotopic (exact) mass is 265 g/mol. The molecule has 3 N–H and O–H groups in total. The number of aromatic nitrogens is 2. The first-order valence-electron chi connectivity index (χ1n) is 5.69. The molecule has 1 amide bonds. The van der Waals surface area contributed by atoms with Crippen molar-refractivity contribution in [3.05, 3.63) is 18.1 Å². The third-order valence-electron chi connectivity index (χ3n) is 2.90. The summed E-state index contributed by atoms with van der Waals surface area (Å²) >= 11 is 4.93. The van der Waals surface area contributed by atoms with Gasteiger partial charge in [0.25, 0.3) is 0 Å². The lowest BCUT2D eigenvalue weighted by atomic mass is 10.1. The van der Waals surface area contributed by atoms with Crippen molar-refractivity contribution in [1.82, 2.24) is 14.9 Å². The molecule has 2 heterocycles. The first-order chi connectivity index (χ1) is 8.58. The molecule has 1 saturated heterocycles. The standard InChI is InChI=1S/C11H15N5OS/c1-16-6-7(2-3-8(16)17)15-11-9(10(12)18)13-4-5-14-11/h4-5,7H,2-3,6H2,1H3,(H2,12,18)(H,14,15). The predicted molar refractivity (Wildman–Crippen MR) is 72.2 cm³/mol. The van der Waals surface area contributed by atoms with Crippen molar-refractivity contribution in [2.24, 2.45) is 5.73 Å². The maximum absolute atomic E-state index is 11.4. The molecule has 7 heteroatoms. The highest BCUT2D eigenvalue weighted by atomic mass is 32.1. The summed E-state index contributed by atoms with van der Waals surface area (Å²) in [6.45, 7) is 0.645. The fourth-order valence-corrected chi connectivity index (χ4v) is 2.10. The third kappa shape index (κ3) is 2.73. The molecule has 1 aliphatic heterocycles. The molecule has 1 aromatic heterocycles. The summed E-state index contributed by atoms with van der Waals surface area (Å²) in [5.74, 6) is 0.750. The fourth-order valence-electron chi connectivity index (χ4n) is 1.95. The normalized spacial score (nSPS) is 19.7. The summed E-state index contributed by atoms with van der Waals surface area (Å²) in [5, 5.41) is 3.25. The lowest BCUT2D eigenvalue weighted by Crippen LogP contribution is -2.43. The fraction of sp³-hybridized carbons (Fsp3) is 0.455. The molecule has 96 valence electrons. The average molecular weight is 265 g/mol. The van der Waals surface area contributed by atoms with Gasteiger partial charge in [0.15, 0.2) is 5.82 Å². The molecule has 1 atom stereocenters. The van der Waals surface area contributed by atoms with Gasteiger partial charge in [-0.05, 0) is 6.42 Å². The number of likely N-dealkylation sites (tertiary alicyclic amines) is 1. The number of thiocarbonyl (C=S) groups is 1. The highest BCUT2D eigenvalue weighted by Crippen LogP contribution is 2.16. The van der Waals surface area contributed by atoms with E-state index in [1.807, 2.05) is 0 Å². The van der Waals surface area contributed by atoms with Crippen LogP contribution in [0.15, 0.2) is 12.4 Å². The van der Waals surface area contributed by atoms with Crippen molar-refractivity contribution in [3.63, 3.8) is 0 Å². The molecule has 0 bridgehead atoms. The van der Waals surface area contributed by atoms with Gasteiger partial charge >= 0.3 is 0 Å². The molecule has 0 aliphatic carbocycles. The van der Waals surface area contributed by atoms with E-state index in [0.29, 0.717) is 24.5 Å². The lowest BCUT2D eigenvalue weighted by molar-refractivity contribution is -0.132. The van der Waals surface area contributed by atoms with E-state index in [4.69, 9.17) is 18.0 Å². The summed E-state index contributed by atoms with van der Waals surface area (Å²) in [6.07, 6.45) is 4.45. The molecular weight excluding hydrogens is 250 g/mol. The van der Waals surface area contributed by atoms with Crippen molar-refractivity contribution in [1.29, 1.82) is 0 Å². The van der Waals surface area contributed by atoms with Gasteiger partial charge in [-0.1, -0.05) is 12.2 Å². The number of likely N-dealkylation sites (N-methyl/N-ethyl adjacent to an activating group) is 1. The van der Waals surface area contributed by atoms with Crippen LogP contribution in [0.2, 0.25) is 0 Å². The molecule has 1 unspecified atom stereocenters. The van der Waals surface area contributed by atoms with E-state index in [0.717, 1.165) is 6.42 Å². The third-order valence-corrected chi connectivity index (χ3v) is 3.09. The van der Waals surface area contributed by atoms with Gasteiger partial charge in [-0.15, -0.1) is 0 Å². The highest BCUT2D eigenvalue weighted by molar-refractivity contribution is 7.80. The number of carbonyl (C=O) groups excluding carboxylic acids is 1. The van der Waals surface area contributed by atoms with Gasteiger partial charge in [0, 0.05) is 38.4 Å². The SMILES string of the molecule is CN1CC(Nc2nccnc2C(N)=S)CCC1=O. The Hall–Kier alpha value is -1.76. The lowest BCUT2D eigenvalue weighted by Gasteiger charge is -2.30. The summed E-state index contributed by atoms with van der Waals surface area (Å²) in [6, 6.07) is 0.150. The predicted octanol–water partition coefficient (Wildman–Crippen LogP) is 0.143. The first-order valence-corrected chi connectivity index (χ1v) is 6.10. The zero-order valence-corrected chi connectivity index (χ0v) is 10.9. The van der Waals surface area contributed by atoms with Crippen LogP contribution in [-0.2, 0) is 4.79 Å². The smallest absolute Gasteiger partial charge is 0.222 e. The molecule has 0 radical (unpaired) electrons. The largest absolute Gasteiger partial charge is 0.388 e. The molecular formula is C11H15N5OS. The Morgan fingerprint density at radius 2 is 2.28 bits per heavy atom. The molecule has 0 spiro atoms. The molecule has 6 nitrogen and oxygen atoms in total. The number of nitrogens with zero attached hydrogens (tertiary/aromatic N) is 3. The van der Waals surface area contributed by atoms with Gasteiger partial charge in [0.05, 0.1) is 0 Å². The van der Waals surface area contributed by atoms with Gasteiger partial charge < -0.3 is 16.0 Å². The highest BCUT2D eigenvalue weighted by Gasteiger charge is 2.23. The Morgan fingerprint density at radius 1 is 1.56 bits per heavy atom. The number of hydrogen-bond acceptors (Lipinski definition) is 5. The zero-order chi connectivity index (χ0) is 13.1. The molecule has 1 fully saturated rings. The van der Waals surface area contributed by atoms with Gasteiger partial charge in [0.1, 0.15) is 10.7 Å². The molecule has 2 rings (SSSR count). The second kappa shape index (κ2) is 5.26. The topological polar surface area (TPSA) is 84.1 Å². The number of carbonyl (C=O) groups is 1. The second-order valence-electron chi connectivity index (χ2n) is 4.27. The van der Waals surface area contributed by atoms with Crippen molar-refractivity contribution in [3.8, 4) is 0 Å². The summed E-state index contributed by atoms with van der Waals surface area (Å²) in [4.78, 5) is 21.6. The number of anilines is 1. The summed E-state index contributed by atoms with van der Waals surface area (Å²) < 4.78 is 0. The van der Waals surface area contributed by atoms with Crippen LogP contribution in [0.5, 0.6) is 0 Å². The molecule has 0 aromatic carbocycles. The van der Waals surface area contributed by atoms with E-state index in [1.165, 1.54) is 0 Å². The molecule has 1 aromatic rings. The van der Waals surface area contributed by atoms with Gasteiger partial charge in [0.2, 0.25) is 5.91 Å². The Labute approximate surface area is 111 Å². The van der Waals surface area contributed by atoms with E-state index in [1.54, 1.807) is 24.3 Å². The van der Waals surface area contributed by atoms with Crippen LogP contribution in [-0.4, -0.2) is 45.4 Å². The Balaban J connectivity index is 2.10. The van der Waals surface area contributed by atoms with Gasteiger partial charge in [-0.2, -0.15) is 0 Å². The van der Waals surface area contributed by atoms with Crippen LogP contribution in [0.3, 0.4) is 0 Å². The summed E-state index contributed by atoms with van der Waals surface area (Å²) in [7, 11) is 1.79. The van der Waals surface area contributed by atoms with Crippen molar-refractivity contribution >= 4 is 28.9 Å². The quantitative estimate of drug-likeness (QED) is 0.757. The van der Waals surface area contributed by atoms with E-state index < -0.39 is 0 Å². The first kappa shape index (κ1) is 12.7. The number of nitrogens with one attached hydrogen (secondary N) is 1. The van der Waals surface area contributed by atoms with E-state index in [9.17, 15) is 4.79 Å². The Morgan fingerprint density at radius 3 is 2.94 bits per heavy atom. The molecule has 18 heavy (non-hydrogen) atoms. The number of rotatable bonds is 3. The van der Waals surface area contributed by atoms with Gasteiger partial charge in [-0.25, -0.2) is 9.97 Å². The second-order valence-corrected chi connectivity index (χ2v) is 4.71. The van der Waals surface area contributed by atoms with Crippen molar-refractivity contribution in [2.75, 3.05) is 18.9 Å². The van der Waals surface area contributed by atoms with Crippen molar-refractivity contribution < 1.29 is 4.79 Å². The minimum atomic E-state index is 0.150. The average Bonchev–Trinajstić information content (AvgIpc) is 2.34. The van der Waals surface area contributed by atoms with Crippen LogP contribution >= 0.6 is 12.2 Å². The minimum absolute atomic E-state index is 0.150. The maximum atomic E-state index is 11.4. The Bertz CT molecular complexity index is 478. The van der Waals surface area contributed by atoms with Crippen LogP contribution < -0.4 is 11.1 Å². The van der Waals surface area contributed by atoms with E-state index >= 15 is 0 Å². The minimum Gasteiger partial charge on any atom is -0.388 e. The summed E-state index contributed by atoms with van der Waals surface area (Å²) in [5.41, 5.74) is 6.09. The van der Waals surface area contributed by atoms with Crippen LogP contribution in [0.25, 0.3) is 0 Å². The Kier molecular flexibility index (Phi) is 3.71.